The number of amides is 1. The summed E-state index contributed by atoms with van der Waals surface area (Å²) in [6.07, 6.45) is 4.01. The van der Waals surface area contributed by atoms with Crippen LogP contribution in [0.1, 0.15) is 21.2 Å². The minimum Gasteiger partial charge on any atom is -0.469 e. The molecule has 8 heteroatoms. The van der Waals surface area contributed by atoms with E-state index in [9.17, 15) is 4.79 Å². The molecule has 4 rings (SSSR count). The summed E-state index contributed by atoms with van der Waals surface area (Å²) in [5.74, 6) is 2.15. The fourth-order valence-corrected chi connectivity index (χ4v) is 3.88. The van der Waals surface area contributed by atoms with Gasteiger partial charge in [0, 0.05) is 44.0 Å². The molecule has 29 heavy (non-hydrogen) atoms. The van der Waals surface area contributed by atoms with Crippen LogP contribution in [-0.4, -0.2) is 54.4 Å². The van der Waals surface area contributed by atoms with Crippen molar-refractivity contribution in [2.24, 2.45) is 4.99 Å². The zero-order chi connectivity index (χ0) is 19.9. The Balaban J connectivity index is 1.36. The van der Waals surface area contributed by atoms with Crippen molar-refractivity contribution in [2.45, 2.75) is 13.0 Å². The van der Waals surface area contributed by atoms with Crippen molar-refractivity contribution in [3.8, 4) is 0 Å². The number of piperazine rings is 1. The van der Waals surface area contributed by atoms with Gasteiger partial charge >= 0.3 is 0 Å². The molecule has 0 aliphatic carbocycles. The predicted molar refractivity (Wildman–Crippen MR) is 112 cm³/mol. The Bertz CT molecular complexity index is 896. The van der Waals surface area contributed by atoms with Crippen molar-refractivity contribution in [1.29, 1.82) is 0 Å². The lowest BCUT2D eigenvalue weighted by molar-refractivity contribution is 0.0657. The molecule has 1 aliphatic heterocycles. The Morgan fingerprint density at radius 1 is 1.03 bits per heavy atom. The maximum absolute atomic E-state index is 12.5. The SMILES string of the molecule is O=C(c1ccco1)N1CCN(C(=NCc2cccs2)NCCc2ccco2)CC1. The number of nitrogens with zero attached hydrogens (tertiary/aromatic N) is 3. The second-order valence-electron chi connectivity index (χ2n) is 6.73. The molecule has 1 fully saturated rings. The van der Waals surface area contributed by atoms with Gasteiger partial charge in [0.25, 0.3) is 5.91 Å². The van der Waals surface area contributed by atoms with Crippen molar-refractivity contribution in [3.05, 3.63) is 70.7 Å². The first kappa shape index (κ1) is 19.3. The third-order valence-electron chi connectivity index (χ3n) is 4.80. The van der Waals surface area contributed by atoms with Gasteiger partial charge in [0.05, 0.1) is 19.1 Å². The molecule has 0 saturated carbocycles. The van der Waals surface area contributed by atoms with Crippen LogP contribution in [0.15, 0.2) is 68.1 Å². The molecule has 152 valence electrons. The number of furan rings is 2. The smallest absolute Gasteiger partial charge is 0.289 e. The first-order valence-corrected chi connectivity index (χ1v) is 10.6. The van der Waals surface area contributed by atoms with Crippen molar-refractivity contribution < 1.29 is 13.6 Å². The number of nitrogens with one attached hydrogen (secondary N) is 1. The van der Waals surface area contributed by atoms with Gasteiger partial charge in [-0.2, -0.15) is 0 Å². The quantitative estimate of drug-likeness (QED) is 0.498. The van der Waals surface area contributed by atoms with Crippen LogP contribution in [0, 0.1) is 0 Å². The van der Waals surface area contributed by atoms with Crippen LogP contribution in [0.2, 0.25) is 0 Å². The number of rotatable bonds is 6. The van der Waals surface area contributed by atoms with E-state index in [1.54, 1.807) is 29.7 Å². The molecule has 1 N–H and O–H groups in total. The number of hydrogen-bond donors (Lipinski definition) is 1. The maximum Gasteiger partial charge on any atom is 0.289 e. The lowest BCUT2D eigenvalue weighted by Gasteiger charge is -2.36. The van der Waals surface area contributed by atoms with Gasteiger partial charge in [-0.25, -0.2) is 4.99 Å². The number of hydrogen-bond acceptors (Lipinski definition) is 5. The highest BCUT2D eigenvalue weighted by Gasteiger charge is 2.25. The Labute approximate surface area is 173 Å². The van der Waals surface area contributed by atoms with Crippen LogP contribution >= 0.6 is 11.3 Å². The van der Waals surface area contributed by atoms with Crippen molar-refractivity contribution >= 4 is 23.2 Å². The second kappa shape index (κ2) is 9.47. The Morgan fingerprint density at radius 2 is 1.83 bits per heavy atom. The molecule has 4 heterocycles. The number of carbonyl (C=O) groups excluding carboxylic acids is 1. The summed E-state index contributed by atoms with van der Waals surface area (Å²) in [7, 11) is 0. The average molecular weight is 413 g/mol. The molecule has 0 bridgehead atoms. The average Bonchev–Trinajstić information content (AvgIpc) is 3.53. The summed E-state index contributed by atoms with van der Waals surface area (Å²) < 4.78 is 10.7. The molecule has 3 aromatic rings. The van der Waals surface area contributed by atoms with E-state index in [4.69, 9.17) is 13.8 Å². The van der Waals surface area contributed by atoms with E-state index in [1.165, 1.54) is 11.1 Å². The largest absolute Gasteiger partial charge is 0.469 e. The Morgan fingerprint density at radius 3 is 2.52 bits per heavy atom. The third kappa shape index (κ3) is 5.08. The van der Waals surface area contributed by atoms with E-state index in [1.807, 2.05) is 23.1 Å². The van der Waals surface area contributed by atoms with E-state index >= 15 is 0 Å². The molecule has 0 spiro atoms. The molecular formula is C21H24N4O3S. The fourth-order valence-electron chi connectivity index (χ4n) is 3.25. The summed E-state index contributed by atoms with van der Waals surface area (Å²) in [6.45, 7) is 4.11. The summed E-state index contributed by atoms with van der Waals surface area (Å²) >= 11 is 1.70. The maximum atomic E-state index is 12.5. The number of thiophene rings is 1. The second-order valence-corrected chi connectivity index (χ2v) is 7.76. The van der Waals surface area contributed by atoms with Gasteiger partial charge in [-0.15, -0.1) is 11.3 Å². The predicted octanol–water partition coefficient (Wildman–Crippen LogP) is 3.08. The summed E-state index contributed by atoms with van der Waals surface area (Å²) in [6, 6.07) is 11.5. The topological polar surface area (TPSA) is 74.2 Å². The van der Waals surface area contributed by atoms with Crippen molar-refractivity contribution in [1.82, 2.24) is 15.1 Å². The monoisotopic (exact) mass is 412 g/mol. The minimum atomic E-state index is -0.0579. The van der Waals surface area contributed by atoms with Crippen LogP contribution in [0.5, 0.6) is 0 Å². The van der Waals surface area contributed by atoms with Crippen LogP contribution in [0.3, 0.4) is 0 Å². The summed E-state index contributed by atoms with van der Waals surface area (Å²) in [5.41, 5.74) is 0. The normalized spacial score (nSPS) is 15.0. The van der Waals surface area contributed by atoms with Gasteiger partial charge in [-0.3, -0.25) is 4.79 Å². The molecule has 1 aliphatic rings. The zero-order valence-electron chi connectivity index (χ0n) is 16.1. The number of aliphatic imine (C=N–C) groups is 1. The van der Waals surface area contributed by atoms with Gasteiger partial charge in [-0.05, 0) is 35.7 Å². The third-order valence-corrected chi connectivity index (χ3v) is 5.66. The van der Waals surface area contributed by atoms with Gasteiger partial charge in [0.15, 0.2) is 11.7 Å². The summed E-state index contributed by atoms with van der Waals surface area (Å²) in [5, 5.41) is 5.52. The number of carbonyl (C=O) groups is 1. The lowest BCUT2D eigenvalue weighted by atomic mass is 10.3. The molecule has 0 aromatic carbocycles. The van der Waals surface area contributed by atoms with E-state index in [-0.39, 0.29) is 5.91 Å². The minimum absolute atomic E-state index is 0.0579. The molecule has 0 radical (unpaired) electrons. The molecule has 3 aromatic heterocycles. The molecule has 1 amide bonds. The van der Waals surface area contributed by atoms with Gasteiger partial charge in [0.1, 0.15) is 5.76 Å². The van der Waals surface area contributed by atoms with Crippen LogP contribution in [-0.2, 0) is 13.0 Å². The molecular weight excluding hydrogens is 388 g/mol. The standard InChI is InChI=1S/C21H24N4O3S/c26-20(19-6-2-14-28-19)24-9-11-25(12-10-24)21(23-16-18-5-3-15-29-18)22-8-7-17-4-1-13-27-17/h1-6,13-15H,7-12,16H2,(H,22,23). The van der Waals surface area contributed by atoms with Crippen molar-refractivity contribution in [3.63, 3.8) is 0 Å². The van der Waals surface area contributed by atoms with Gasteiger partial charge < -0.3 is 24.0 Å². The fraction of sp³-hybridized carbons (Fsp3) is 0.333. The summed E-state index contributed by atoms with van der Waals surface area (Å²) in [4.78, 5) is 22.6. The van der Waals surface area contributed by atoms with Gasteiger partial charge in [-0.1, -0.05) is 6.07 Å². The van der Waals surface area contributed by atoms with E-state index in [0.29, 0.717) is 25.4 Å². The van der Waals surface area contributed by atoms with Crippen molar-refractivity contribution in [2.75, 3.05) is 32.7 Å². The van der Waals surface area contributed by atoms with Crippen LogP contribution < -0.4 is 5.32 Å². The molecule has 0 unspecified atom stereocenters. The lowest BCUT2D eigenvalue weighted by Crippen LogP contribution is -2.54. The van der Waals surface area contributed by atoms with E-state index in [0.717, 1.165) is 37.8 Å². The van der Waals surface area contributed by atoms with Crippen LogP contribution in [0.4, 0.5) is 0 Å². The molecule has 7 nitrogen and oxygen atoms in total. The van der Waals surface area contributed by atoms with E-state index in [2.05, 4.69) is 21.7 Å². The van der Waals surface area contributed by atoms with Crippen LogP contribution in [0.25, 0.3) is 0 Å². The van der Waals surface area contributed by atoms with E-state index < -0.39 is 0 Å². The zero-order valence-corrected chi connectivity index (χ0v) is 16.9. The highest BCUT2D eigenvalue weighted by atomic mass is 32.1. The molecule has 0 atom stereocenters. The Kier molecular flexibility index (Phi) is 6.31. The first-order valence-electron chi connectivity index (χ1n) is 9.70. The highest BCUT2D eigenvalue weighted by Crippen LogP contribution is 2.12. The Hall–Kier alpha value is -3.00. The van der Waals surface area contributed by atoms with Gasteiger partial charge in [0.2, 0.25) is 0 Å². The highest BCUT2D eigenvalue weighted by molar-refractivity contribution is 7.09. The number of guanidine groups is 1. The first-order chi connectivity index (χ1) is 14.3. The molecule has 1 saturated heterocycles.